The predicted molar refractivity (Wildman–Crippen MR) is 120 cm³/mol. The van der Waals surface area contributed by atoms with Crippen LogP contribution in [0.25, 0.3) is 0 Å². The number of carbonyl (C=O) groups is 1. The van der Waals surface area contributed by atoms with Crippen molar-refractivity contribution in [3.05, 3.63) is 65.7 Å². The van der Waals surface area contributed by atoms with E-state index in [9.17, 15) is 4.79 Å². The SMILES string of the molecule is CC1CCN(CC(=O)N2c3ccccc3[C@](C)(c3ccccc3)CC2(C)C)CC1. The van der Waals surface area contributed by atoms with Crippen molar-refractivity contribution in [1.29, 1.82) is 0 Å². The van der Waals surface area contributed by atoms with Crippen molar-refractivity contribution in [2.24, 2.45) is 5.92 Å². The van der Waals surface area contributed by atoms with Crippen LogP contribution in [0.3, 0.4) is 0 Å². The Hall–Kier alpha value is -2.13. The van der Waals surface area contributed by atoms with Gasteiger partial charge in [0.2, 0.25) is 5.91 Å². The zero-order valence-corrected chi connectivity index (χ0v) is 18.3. The third-order valence-electron chi connectivity index (χ3n) is 7.03. The molecule has 29 heavy (non-hydrogen) atoms. The lowest BCUT2D eigenvalue weighted by Crippen LogP contribution is -2.58. The van der Waals surface area contributed by atoms with Gasteiger partial charge in [0.25, 0.3) is 0 Å². The first kappa shape index (κ1) is 20.2. The molecule has 1 atom stereocenters. The zero-order valence-electron chi connectivity index (χ0n) is 18.3. The Bertz CT molecular complexity index is 867. The summed E-state index contributed by atoms with van der Waals surface area (Å²) in [5.41, 5.74) is 3.28. The van der Waals surface area contributed by atoms with Crippen molar-refractivity contribution in [3.8, 4) is 0 Å². The third kappa shape index (κ3) is 3.73. The van der Waals surface area contributed by atoms with Gasteiger partial charge in [-0.1, -0.05) is 62.4 Å². The maximum Gasteiger partial charge on any atom is 0.241 e. The fraction of sp³-hybridized carbons (Fsp3) is 0.500. The summed E-state index contributed by atoms with van der Waals surface area (Å²) in [5, 5.41) is 0. The van der Waals surface area contributed by atoms with Gasteiger partial charge < -0.3 is 4.90 Å². The van der Waals surface area contributed by atoms with Crippen LogP contribution in [0.2, 0.25) is 0 Å². The van der Waals surface area contributed by atoms with Crippen molar-refractivity contribution >= 4 is 11.6 Å². The number of rotatable bonds is 3. The Kier molecular flexibility index (Phi) is 5.29. The molecule has 0 N–H and O–H groups in total. The van der Waals surface area contributed by atoms with E-state index >= 15 is 0 Å². The van der Waals surface area contributed by atoms with E-state index in [2.05, 4.69) is 92.1 Å². The lowest BCUT2D eigenvalue weighted by Gasteiger charge is -2.51. The molecule has 2 heterocycles. The number of piperidine rings is 1. The second-order valence-electron chi connectivity index (χ2n) is 9.89. The van der Waals surface area contributed by atoms with E-state index in [1.807, 2.05) is 0 Å². The van der Waals surface area contributed by atoms with Gasteiger partial charge in [-0.3, -0.25) is 9.69 Å². The molecule has 2 aliphatic heterocycles. The molecule has 2 aromatic carbocycles. The number of hydrogen-bond acceptors (Lipinski definition) is 2. The molecule has 0 aromatic heterocycles. The highest BCUT2D eigenvalue weighted by Crippen LogP contribution is 2.50. The fourth-order valence-electron chi connectivity index (χ4n) is 5.52. The van der Waals surface area contributed by atoms with Crippen molar-refractivity contribution < 1.29 is 4.79 Å². The number of nitrogens with zero attached hydrogens (tertiary/aromatic N) is 2. The molecule has 2 aromatic rings. The first-order valence-electron chi connectivity index (χ1n) is 11.0. The molecule has 1 saturated heterocycles. The molecule has 0 saturated carbocycles. The molecule has 1 fully saturated rings. The van der Waals surface area contributed by atoms with Crippen LogP contribution in [0.1, 0.15) is 58.1 Å². The van der Waals surface area contributed by atoms with E-state index in [0.29, 0.717) is 6.54 Å². The van der Waals surface area contributed by atoms with Gasteiger partial charge in [-0.2, -0.15) is 0 Å². The van der Waals surface area contributed by atoms with Crippen molar-refractivity contribution in [2.75, 3.05) is 24.5 Å². The first-order chi connectivity index (χ1) is 13.8. The lowest BCUT2D eigenvalue weighted by molar-refractivity contribution is -0.121. The normalized spacial score (nSPS) is 24.9. The molecule has 3 heteroatoms. The summed E-state index contributed by atoms with van der Waals surface area (Å²) in [7, 11) is 0. The van der Waals surface area contributed by atoms with E-state index in [1.165, 1.54) is 24.0 Å². The van der Waals surface area contributed by atoms with Crippen LogP contribution in [0, 0.1) is 5.92 Å². The van der Waals surface area contributed by atoms with Gasteiger partial charge in [-0.15, -0.1) is 0 Å². The topological polar surface area (TPSA) is 23.6 Å². The number of fused-ring (bicyclic) bond motifs is 1. The Balaban J connectivity index is 1.70. The summed E-state index contributed by atoms with van der Waals surface area (Å²) < 4.78 is 0. The summed E-state index contributed by atoms with van der Waals surface area (Å²) in [5.74, 6) is 1.01. The molecule has 1 amide bonds. The predicted octanol–water partition coefficient (Wildman–Crippen LogP) is 5.24. The second-order valence-corrected chi connectivity index (χ2v) is 9.89. The minimum Gasteiger partial charge on any atom is -0.305 e. The average molecular weight is 391 g/mol. The van der Waals surface area contributed by atoms with E-state index < -0.39 is 0 Å². The molecule has 3 nitrogen and oxygen atoms in total. The maximum atomic E-state index is 13.6. The molecular formula is C26H34N2O. The maximum absolute atomic E-state index is 13.6. The van der Waals surface area contributed by atoms with Crippen LogP contribution in [0.4, 0.5) is 5.69 Å². The van der Waals surface area contributed by atoms with Gasteiger partial charge in [0.15, 0.2) is 0 Å². The molecule has 0 bridgehead atoms. The highest BCUT2D eigenvalue weighted by Gasteiger charge is 2.47. The largest absolute Gasteiger partial charge is 0.305 e. The van der Waals surface area contributed by atoms with Crippen LogP contribution < -0.4 is 4.90 Å². The van der Waals surface area contributed by atoms with Crippen LogP contribution in [0.15, 0.2) is 54.6 Å². The smallest absolute Gasteiger partial charge is 0.241 e. The summed E-state index contributed by atoms with van der Waals surface area (Å²) in [6, 6.07) is 19.3. The molecule has 0 aliphatic carbocycles. The number of hydrogen-bond donors (Lipinski definition) is 0. The van der Waals surface area contributed by atoms with E-state index in [1.54, 1.807) is 0 Å². The standard InChI is InChI=1S/C26H34N2O/c1-20-14-16-27(17-15-20)18-24(29)28-23-13-9-8-12-22(23)26(4,19-25(28,2)3)21-10-6-5-7-11-21/h5-13,20H,14-19H2,1-4H3/t26-/m0/s1. The number of likely N-dealkylation sites (tertiary alicyclic amines) is 1. The number of carbonyl (C=O) groups excluding carboxylic acids is 1. The molecule has 2 aliphatic rings. The Morgan fingerprint density at radius 3 is 2.28 bits per heavy atom. The molecule has 0 radical (unpaired) electrons. The quantitative estimate of drug-likeness (QED) is 0.715. The highest BCUT2D eigenvalue weighted by atomic mass is 16.2. The van der Waals surface area contributed by atoms with Crippen LogP contribution in [-0.2, 0) is 10.2 Å². The van der Waals surface area contributed by atoms with E-state index in [0.717, 1.165) is 31.1 Å². The van der Waals surface area contributed by atoms with Gasteiger partial charge >= 0.3 is 0 Å². The third-order valence-corrected chi connectivity index (χ3v) is 7.03. The first-order valence-corrected chi connectivity index (χ1v) is 11.0. The molecule has 154 valence electrons. The summed E-state index contributed by atoms with van der Waals surface area (Å²) in [6.45, 7) is 11.7. The number of benzene rings is 2. The van der Waals surface area contributed by atoms with E-state index in [-0.39, 0.29) is 16.9 Å². The van der Waals surface area contributed by atoms with Crippen molar-refractivity contribution in [3.63, 3.8) is 0 Å². The minimum atomic E-state index is -0.251. The Labute approximate surface area is 175 Å². The van der Waals surface area contributed by atoms with Crippen LogP contribution >= 0.6 is 0 Å². The highest BCUT2D eigenvalue weighted by molar-refractivity contribution is 5.98. The molecule has 4 rings (SSSR count). The molecular weight excluding hydrogens is 356 g/mol. The number of para-hydroxylation sites is 1. The summed E-state index contributed by atoms with van der Waals surface area (Å²) >= 11 is 0. The Morgan fingerprint density at radius 1 is 0.966 bits per heavy atom. The van der Waals surface area contributed by atoms with Gasteiger partial charge in [0, 0.05) is 16.6 Å². The zero-order chi connectivity index (χ0) is 20.6. The second kappa shape index (κ2) is 7.60. The Morgan fingerprint density at radius 2 is 1.59 bits per heavy atom. The summed E-state index contributed by atoms with van der Waals surface area (Å²) in [6.07, 6.45) is 3.29. The number of anilines is 1. The lowest BCUT2D eigenvalue weighted by atomic mass is 9.65. The fourth-order valence-corrected chi connectivity index (χ4v) is 5.52. The minimum absolute atomic E-state index is 0.112. The van der Waals surface area contributed by atoms with Crippen molar-refractivity contribution in [1.82, 2.24) is 4.90 Å². The van der Waals surface area contributed by atoms with Gasteiger partial charge in [0.1, 0.15) is 0 Å². The van der Waals surface area contributed by atoms with Gasteiger partial charge in [-0.05, 0) is 69.3 Å². The number of amides is 1. The van der Waals surface area contributed by atoms with Crippen molar-refractivity contribution in [2.45, 2.75) is 57.9 Å². The average Bonchev–Trinajstić information content (AvgIpc) is 2.70. The molecule has 0 spiro atoms. The van der Waals surface area contributed by atoms with Crippen LogP contribution in [-0.4, -0.2) is 36.0 Å². The monoisotopic (exact) mass is 390 g/mol. The van der Waals surface area contributed by atoms with Crippen LogP contribution in [0.5, 0.6) is 0 Å². The summed E-state index contributed by atoms with van der Waals surface area (Å²) in [4.78, 5) is 18.0. The van der Waals surface area contributed by atoms with Gasteiger partial charge in [-0.25, -0.2) is 0 Å². The van der Waals surface area contributed by atoms with Gasteiger partial charge in [0.05, 0.1) is 6.54 Å². The molecule has 0 unspecified atom stereocenters. The van der Waals surface area contributed by atoms with E-state index in [4.69, 9.17) is 0 Å².